The molecule has 0 amide bonds. The Hall–Kier alpha value is -1.97. The average Bonchev–Trinajstić information content (AvgIpc) is 2.35. The molecule has 0 saturated heterocycles. The third-order valence-corrected chi connectivity index (χ3v) is 2.03. The summed E-state index contributed by atoms with van der Waals surface area (Å²) in [7, 11) is 4.28. The molecule has 0 N–H and O–H groups in total. The zero-order valence-electron chi connectivity index (χ0n) is 9.52. The number of rotatable bonds is 4. The van der Waals surface area contributed by atoms with Gasteiger partial charge in [0.05, 0.1) is 21.3 Å². The van der Waals surface area contributed by atoms with E-state index in [1.807, 2.05) is 18.2 Å². The van der Waals surface area contributed by atoms with Crippen molar-refractivity contribution >= 4 is 12.0 Å². The van der Waals surface area contributed by atoms with Crippen LogP contribution in [-0.2, 0) is 14.3 Å². The smallest absolute Gasteiger partial charge is 0.373 e. The van der Waals surface area contributed by atoms with Gasteiger partial charge in [-0.05, 0) is 12.1 Å². The lowest BCUT2D eigenvalue weighted by atomic mass is 10.2. The SMILES string of the molecule is COC(=O)/C(=C/c1ccccc1OC)OC. The fourth-order valence-electron chi connectivity index (χ4n) is 1.23. The monoisotopic (exact) mass is 222 g/mol. The fraction of sp³-hybridized carbons (Fsp3) is 0.250. The predicted octanol–water partition coefficient (Wildman–Crippen LogP) is 1.86. The van der Waals surface area contributed by atoms with Crippen molar-refractivity contribution in [2.24, 2.45) is 0 Å². The highest BCUT2D eigenvalue weighted by atomic mass is 16.6. The van der Waals surface area contributed by atoms with Gasteiger partial charge in [-0.2, -0.15) is 0 Å². The molecule has 4 nitrogen and oxygen atoms in total. The average molecular weight is 222 g/mol. The number of para-hydroxylation sites is 1. The molecule has 0 bridgehead atoms. The first kappa shape index (κ1) is 12.1. The van der Waals surface area contributed by atoms with Crippen LogP contribution < -0.4 is 4.74 Å². The molecule has 16 heavy (non-hydrogen) atoms. The van der Waals surface area contributed by atoms with E-state index >= 15 is 0 Å². The number of hydrogen-bond donors (Lipinski definition) is 0. The van der Waals surface area contributed by atoms with Gasteiger partial charge in [-0.1, -0.05) is 18.2 Å². The molecule has 86 valence electrons. The molecule has 1 aromatic rings. The molecule has 0 aliphatic rings. The Bertz CT molecular complexity index is 396. The standard InChI is InChI=1S/C12H14O4/c1-14-10-7-5-4-6-9(10)8-11(15-2)12(13)16-3/h4-8H,1-3H3/b11-8-. The largest absolute Gasteiger partial charge is 0.496 e. The Morgan fingerprint density at radius 1 is 1.12 bits per heavy atom. The summed E-state index contributed by atoms with van der Waals surface area (Å²) in [6, 6.07) is 7.32. The lowest BCUT2D eigenvalue weighted by molar-refractivity contribution is -0.139. The molecule has 0 aliphatic carbocycles. The van der Waals surface area contributed by atoms with Crippen molar-refractivity contribution in [3.05, 3.63) is 35.6 Å². The first-order chi connectivity index (χ1) is 7.72. The normalized spacial score (nSPS) is 10.8. The van der Waals surface area contributed by atoms with Gasteiger partial charge in [0, 0.05) is 5.56 Å². The number of carbonyl (C=O) groups is 1. The van der Waals surface area contributed by atoms with Crippen LogP contribution in [0, 0.1) is 0 Å². The number of hydrogen-bond acceptors (Lipinski definition) is 4. The first-order valence-electron chi connectivity index (χ1n) is 4.70. The van der Waals surface area contributed by atoms with E-state index in [1.165, 1.54) is 14.2 Å². The quantitative estimate of drug-likeness (QED) is 0.443. The van der Waals surface area contributed by atoms with Crippen LogP contribution in [0.5, 0.6) is 5.75 Å². The highest BCUT2D eigenvalue weighted by Gasteiger charge is 2.10. The van der Waals surface area contributed by atoms with Gasteiger partial charge in [0.25, 0.3) is 0 Å². The van der Waals surface area contributed by atoms with Crippen molar-refractivity contribution in [1.29, 1.82) is 0 Å². The summed E-state index contributed by atoms with van der Waals surface area (Å²) in [5, 5.41) is 0. The van der Waals surface area contributed by atoms with Crippen LogP contribution in [0.4, 0.5) is 0 Å². The molecule has 4 heteroatoms. The molecule has 0 fully saturated rings. The molecule has 0 aliphatic heterocycles. The minimum Gasteiger partial charge on any atom is -0.496 e. The predicted molar refractivity (Wildman–Crippen MR) is 60.0 cm³/mol. The summed E-state index contributed by atoms with van der Waals surface area (Å²) in [4.78, 5) is 11.3. The second-order valence-electron chi connectivity index (χ2n) is 2.95. The molecule has 0 aromatic heterocycles. The topological polar surface area (TPSA) is 44.8 Å². The minimum atomic E-state index is -0.520. The Labute approximate surface area is 94.4 Å². The van der Waals surface area contributed by atoms with Crippen molar-refractivity contribution in [2.75, 3.05) is 21.3 Å². The van der Waals surface area contributed by atoms with E-state index in [0.29, 0.717) is 5.75 Å². The Balaban J connectivity index is 3.08. The van der Waals surface area contributed by atoms with Crippen molar-refractivity contribution in [3.8, 4) is 5.75 Å². The summed E-state index contributed by atoms with van der Waals surface area (Å²) in [6.07, 6.45) is 1.57. The van der Waals surface area contributed by atoms with Gasteiger partial charge in [-0.3, -0.25) is 0 Å². The number of esters is 1. The van der Waals surface area contributed by atoms with Crippen LogP contribution in [0.1, 0.15) is 5.56 Å². The second-order valence-corrected chi connectivity index (χ2v) is 2.95. The summed E-state index contributed by atoms with van der Waals surface area (Å²) in [5.74, 6) is 0.279. The zero-order chi connectivity index (χ0) is 12.0. The van der Waals surface area contributed by atoms with Gasteiger partial charge in [-0.25, -0.2) is 4.79 Å². The van der Waals surface area contributed by atoms with E-state index in [-0.39, 0.29) is 5.76 Å². The van der Waals surface area contributed by atoms with Crippen LogP contribution in [0.3, 0.4) is 0 Å². The third-order valence-electron chi connectivity index (χ3n) is 2.03. The van der Waals surface area contributed by atoms with Gasteiger partial charge in [-0.15, -0.1) is 0 Å². The Kier molecular flexibility index (Phi) is 4.39. The Morgan fingerprint density at radius 3 is 2.38 bits per heavy atom. The zero-order valence-corrected chi connectivity index (χ0v) is 9.52. The lowest BCUT2D eigenvalue weighted by Crippen LogP contribution is -2.06. The molecule has 1 rings (SSSR count). The first-order valence-corrected chi connectivity index (χ1v) is 4.70. The van der Waals surface area contributed by atoms with Crippen molar-refractivity contribution in [2.45, 2.75) is 0 Å². The highest BCUT2D eigenvalue weighted by Crippen LogP contribution is 2.20. The van der Waals surface area contributed by atoms with E-state index in [1.54, 1.807) is 19.3 Å². The van der Waals surface area contributed by atoms with E-state index in [2.05, 4.69) is 4.74 Å². The molecule has 0 radical (unpaired) electrons. The number of benzene rings is 1. The van der Waals surface area contributed by atoms with Gasteiger partial charge in [0.2, 0.25) is 5.76 Å². The molecule has 0 atom stereocenters. The molecular weight excluding hydrogens is 208 g/mol. The van der Waals surface area contributed by atoms with Crippen LogP contribution in [0.15, 0.2) is 30.0 Å². The summed E-state index contributed by atoms with van der Waals surface area (Å²) in [5.41, 5.74) is 0.757. The molecule has 0 unspecified atom stereocenters. The van der Waals surface area contributed by atoms with Crippen LogP contribution >= 0.6 is 0 Å². The van der Waals surface area contributed by atoms with Crippen molar-refractivity contribution in [3.63, 3.8) is 0 Å². The van der Waals surface area contributed by atoms with Crippen LogP contribution in [0.2, 0.25) is 0 Å². The van der Waals surface area contributed by atoms with Crippen LogP contribution in [-0.4, -0.2) is 27.3 Å². The van der Waals surface area contributed by atoms with Gasteiger partial charge in [0.15, 0.2) is 0 Å². The van der Waals surface area contributed by atoms with Gasteiger partial charge in [0.1, 0.15) is 5.75 Å². The van der Waals surface area contributed by atoms with E-state index in [0.717, 1.165) is 5.56 Å². The maximum absolute atomic E-state index is 11.3. The van der Waals surface area contributed by atoms with Crippen molar-refractivity contribution in [1.82, 2.24) is 0 Å². The highest BCUT2D eigenvalue weighted by molar-refractivity contribution is 5.91. The maximum Gasteiger partial charge on any atom is 0.373 e. The molecular formula is C12H14O4. The van der Waals surface area contributed by atoms with E-state index in [4.69, 9.17) is 9.47 Å². The number of methoxy groups -OCH3 is 3. The second kappa shape index (κ2) is 5.80. The molecule has 0 saturated carbocycles. The molecule has 1 aromatic carbocycles. The van der Waals surface area contributed by atoms with Crippen LogP contribution in [0.25, 0.3) is 6.08 Å². The van der Waals surface area contributed by atoms with E-state index < -0.39 is 5.97 Å². The third kappa shape index (κ3) is 2.76. The number of ether oxygens (including phenoxy) is 3. The Morgan fingerprint density at radius 2 is 1.81 bits per heavy atom. The van der Waals surface area contributed by atoms with Crippen molar-refractivity contribution < 1.29 is 19.0 Å². The summed E-state index contributed by atoms with van der Waals surface area (Å²) < 4.78 is 14.7. The van der Waals surface area contributed by atoms with Gasteiger partial charge >= 0.3 is 5.97 Å². The summed E-state index contributed by atoms with van der Waals surface area (Å²) in [6.45, 7) is 0. The lowest BCUT2D eigenvalue weighted by Gasteiger charge is -2.06. The number of carbonyl (C=O) groups excluding carboxylic acids is 1. The summed E-state index contributed by atoms with van der Waals surface area (Å²) >= 11 is 0. The molecule has 0 heterocycles. The molecule has 0 spiro atoms. The fourth-order valence-corrected chi connectivity index (χ4v) is 1.23. The maximum atomic E-state index is 11.3. The van der Waals surface area contributed by atoms with Gasteiger partial charge < -0.3 is 14.2 Å². The van der Waals surface area contributed by atoms with E-state index in [9.17, 15) is 4.79 Å². The minimum absolute atomic E-state index is 0.131.